The van der Waals surface area contributed by atoms with Gasteiger partial charge in [0.25, 0.3) is 0 Å². The minimum atomic E-state index is -0.0350. The number of rotatable bonds is 5. The second-order valence-electron chi connectivity index (χ2n) is 6.84. The van der Waals surface area contributed by atoms with Gasteiger partial charge in [-0.05, 0) is 41.8 Å². The number of hydrogen-bond donors (Lipinski definition) is 1. The summed E-state index contributed by atoms with van der Waals surface area (Å²) < 4.78 is 6.91. The van der Waals surface area contributed by atoms with Crippen LogP contribution in [0.5, 0.6) is 5.75 Å². The number of nitrogens with one attached hydrogen (secondary N) is 1. The molecule has 0 bridgehead atoms. The minimum Gasteiger partial charge on any atom is -0.497 e. The van der Waals surface area contributed by atoms with Crippen molar-refractivity contribution in [3.8, 4) is 11.6 Å². The Bertz CT molecular complexity index is 907. The van der Waals surface area contributed by atoms with Crippen LogP contribution in [0.1, 0.15) is 23.5 Å². The first-order valence-corrected chi connectivity index (χ1v) is 9.34. The van der Waals surface area contributed by atoms with Crippen LogP contribution in [0.2, 0.25) is 0 Å². The van der Waals surface area contributed by atoms with E-state index in [1.165, 1.54) is 5.56 Å². The number of amides is 2. The Kier molecular flexibility index (Phi) is 5.23. The molecule has 0 radical (unpaired) electrons. The Hall–Kier alpha value is -3.35. The van der Waals surface area contributed by atoms with Gasteiger partial charge in [-0.3, -0.25) is 0 Å². The van der Waals surface area contributed by atoms with E-state index in [-0.39, 0.29) is 6.03 Å². The summed E-state index contributed by atoms with van der Waals surface area (Å²) in [5, 5.41) is 7.15. The van der Waals surface area contributed by atoms with E-state index < -0.39 is 0 Å². The lowest BCUT2D eigenvalue weighted by molar-refractivity contribution is 0.208. The van der Waals surface area contributed by atoms with E-state index in [9.17, 15) is 4.79 Å². The van der Waals surface area contributed by atoms with Gasteiger partial charge in [0.05, 0.1) is 7.11 Å². The van der Waals surface area contributed by atoms with Crippen molar-refractivity contribution in [3.63, 3.8) is 0 Å². The van der Waals surface area contributed by atoms with Crippen LogP contribution in [0.3, 0.4) is 0 Å². The maximum atomic E-state index is 12.5. The van der Waals surface area contributed by atoms with Gasteiger partial charge < -0.3 is 15.0 Å². The minimum absolute atomic E-state index is 0.0350. The molecule has 1 saturated heterocycles. The number of carbonyl (C=O) groups is 1. The molecule has 1 aliphatic heterocycles. The summed E-state index contributed by atoms with van der Waals surface area (Å²) in [6.45, 7) is 1.95. The lowest BCUT2D eigenvalue weighted by Gasteiger charge is -2.18. The fourth-order valence-corrected chi connectivity index (χ4v) is 3.44. The summed E-state index contributed by atoms with van der Waals surface area (Å²) in [6, 6.07) is 13.8. The van der Waals surface area contributed by atoms with Gasteiger partial charge in [0.2, 0.25) is 0 Å². The van der Waals surface area contributed by atoms with Crippen LogP contribution in [0.15, 0.2) is 61.1 Å². The molecule has 1 aliphatic rings. The summed E-state index contributed by atoms with van der Waals surface area (Å²) in [7, 11) is 1.66. The molecule has 144 valence electrons. The number of methoxy groups -OCH3 is 1. The Morgan fingerprint density at radius 3 is 2.79 bits per heavy atom. The molecule has 1 fully saturated rings. The molecular formula is C21H23N5O2. The smallest absolute Gasteiger partial charge is 0.317 e. The normalized spacial score (nSPS) is 16.2. The first kappa shape index (κ1) is 18.0. The van der Waals surface area contributed by atoms with Crippen molar-refractivity contribution in [1.29, 1.82) is 0 Å². The van der Waals surface area contributed by atoms with Crippen LogP contribution in [0, 0.1) is 0 Å². The number of aromatic nitrogens is 3. The summed E-state index contributed by atoms with van der Waals surface area (Å²) in [5.41, 5.74) is 2.20. The predicted molar refractivity (Wildman–Crippen MR) is 106 cm³/mol. The van der Waals surface area contributed by atoms with E-state index in [4.69, 9.17) is 4.74 Å². The number of benzene rings is 1. The molecule has 0 aliphatic carbocycles. The van der Waals surface area contributed by atoms with Crippen LogP contribution in [0.25, 0.3) is 5.82 Å². The molecule has 28 heavy (non-hydrogen) atoms. The van der Waals surface area contributed by atoms with Crippen molar-refractivity contribution < 1.29 is 9.53 Å². The second kappa shape index (κ2) is 8.12. The van der Waals surface area contributed by atoms with Gasteiger partial charge in [0.15, 0.2) is 5.82 Å². The lowest BCUT2D eigenvalue weighted by Crippen LogP contribution is -2.38. The van der Waals surface area contributed by atoms with Gasteiger partial charge in [0, 0.05) is 44.1 Å². The van der Waals surface area contributed by atoms with Gasteiger partial charge >= 0.3 is 6.03 Å². The highest BCUT2D eigenvalue weighted by Crippen LogP contribution is 2.28. The van der Waals surface area contributed by atoms with Gasteiger partial charge in [-0.1, -0.05) is 18.2 Å². The van der Waals surface area contributed by atoms with Crippen LogP contribution in [-0.4, -0.2) is 45.9 Å². The summed E-state index contributed by atoms with van der Waals surface area (Å²) in [5.74, 6) is 1.97. The van der Waals surface area contributed by atoms with Gasteiger partial charge in [-0.25, -0.2) is 14.5 Å². The molecule has 1 atom stereocenters. The predicted octanol–water partition coefficient (Wildman–Crippen LogP) is 2.98. The highest BCUT2D eigenvalue weighted by molar-refractivity contribution is 5.74. The molecule has 0 spiro atoms. The van der Waals surface area contributed by atoms with Gasteiger partial charge in [-0.15, -0.1) is 0 Å². The zero-order chi connectivity index (χ0) is 19.3. The van der Waals surface area contributed by atoms with E-state index in [0.717, 1.165) is 36.6 Å². The number of ether oxygens (including phenoxy) is 1. The van der Waals surface area contributed by atoms with Crippen LogP contribution >= 0.6 is 0 Å². The van der Waals surface area contributed by atoms with Gasteiger partial charge in [0.1, 0.15) is 5.75 Å². The third-order valence-electron chi connectivity index (χ3n) is 5.05. The molecule has 1 aromatic carbocycles. The van der Waals surface area contributed by atoms with E-state index in [1.54, 1.807) is 24.2 Å². The van der Waals surface area contributed by atoms with Crippen molar-refractivity contribution >= 4 is 6.03 Å². The molecule has 3 heterocycles. The van der Waals surface area contributed by atoms with Crippen molar-refractivity contribution in [2.24, 2.45) is 0 Å². The Balaban J connectivity index is 1.29. The molecule has 7 heteroatoms. The first-order chi connectivity index (χ1) is 13.7. The van der Waals surface area contributed by atoms with Gasteiger partial charge in [-0.2, -0.15) is 5.10 Å². The number of hydrogen-bond acceptors (Lipinski definition) is 4. The Labute approximate surface area is 164 Å². The molecule has 0 saturated carbocycles. The topological polar surface area (TPSA) is 72.3 Å². The van der Waals surface area contributed by atoms with Crippen molar-refractivity contribution in [2.45, 2.75) is 18.9 Å². The maximum absolute atomic E-state index is 12.5. The molecule has 0 unspecified atom stereocenters. The molecule has 1 N–H and O–H groups in total. The molecule has 7 nitrogen and oxygen atoms in total. The monoisotopic (exact) mass is 377 g/mol. The average Bonchev–Trinajstić information content (AvgIpc) is 3.45. The van der Waals surface area contributed by atoms with Crippen LogP contribution < -0.4 is 10.1 Å². The zero-order valence-corrected chi connectivity index (χ0v) is 15.8. The molecule has 2 aromatic heterocycles. The quantitative estimate of drug-likeness (QED) is 0.742. The SMILES string of the molecule is COc1ccc([C@H]2CCN(C(=O)NCc3ccc(-n4cccn4)nc3)C2)cc1. The third-order valence-corrected chi connectivity index (χ3v) is 5.05. The van der Waals surface area contributed by atoms with Crippen molar-refractivity contribution in [3.05, 3.63) is 72.2 Å². The number of pyridine rings is 1. The zero-order valence-electron chi connectivity index (χ0n) is 15.8. The standard InChI is InChI=1S/C21H23N5O2/c1-28-19-6-4-17(5-7-19)18-9-12-25(15-18)21(27)23-14-16-3-8-20(22-13-16)26-11-2-10-24-26/h2-8,10-11,13,18H,9,12,14-15H2,1H3,(H,23,27)/t18-/m0/s1. The lowest BCUT2D eigenvalue weighted by atomic mass is 9.98. The number of urea groups is 1. The van der Waals surface area contributed by atoms with Crippen molar-refractivity contribution in [2.75, 3.05) is 20.2 Å². The van der Waals surface area contributed by atoms with E-state index >= 15 is 0 Å². The highest BCUT2D eigenvalue weighted by Gasteiger charge is 2.27. The molecular weight excluding hydrogens is 354 g/mol. The maximum Gasteiger partial charge on any atom is 0.317 e. The number of likely N-dealkylation sites (tertiary alicyclic amines) is 1. The average molecular weight is 377 g/mol. The third kappa shape index (κ3) is 3.98. The van der Waals surface area contributed by atoms with E-state index in [2.05, 4.69) is 27.5 Å². The largest absolute Gasteiger partial charge is 0.497 e. The fraction of sp³-hybridized carbons (Fsp3) is 0.286. The molecule has 2 amide bonds. The molecule has 4 rings (SSSR count). The van der Waals surface area contributed by atoms with Crippen LogP contribution in [-0.2, 0) is 6.54 Å². The highest BCUT2D eigenvalue weighted by atomic mass is 16.5. The second-order valence-corrected chi connectivity index (χ2v) is 6.84. The Morgan fingerprint density at radius 2 is 2.11 bits per heavy atom. The summed E-state index contributed by atoms with van der Waals surface area (Å²) in [6.07, 6.45) is 6.29. The number of carbonyl (C=O) groups excluding carboxylic acids is 1. The Morgan fingerprint density at radius 1 is 1.25 bits per heavy atom. The summed E-state index contributed by atoms with van der Waals surface area (Å²) >= 11 is 0. The fourth-order valence-electron chi connectivity index (χ4n) is 3.44. The first-order valence-electron chi connectivity index (χ1n) is 9.34. The van der Waals surface area contributed by atoms with Crippen molar-refractivity contribution in [1.82, 2.24) is 25.0 Å². The summed E-state index contributed by atoms with van der Waals surface area (Å²) in [4.78, 5) is 18.8. The van der Waals surface area contributed by atoms with E-state index in [1.807, 2.05) is 41.4 Å². The number of nitrogens with zero attached hydrogens (tertiary/aromatic N) is 4. The molecule has 3 aromatic rings. The van der Waals surface area contributed by atoms with Crippen LogP contribution in [0.4, 0.5) is 4.79 Å². The van der Waals surface area contributed by atoms with E-state index in [0.29, 0.717) is 12.5 Å².